The van der Waals surface area contributed by atoms with Crippen molar-refractivity contribution in [3.8, 4) is 0 Å². The Morgan fingerprint density at radius 1 is 1.32 bits per heavy atom. The summed E-state index contributed by atoms with van der Waals surface area (Å²) in [6, 6.07) is 5.98. The maximum atomic E-state index is 14.6. The summed E-state index contributed by atoms with van der Waals surface area (Å²) in [5, 5.41) is 4.24. The van der Waals surface area contributed by atoms with E-state index < -0.39 is 6.04 Å². The molecule has 2 fully saturated rings. The van der Waals surface area contributed by atoms with Crippen LogP contribution in [0.2, 0.25) is 0 Å². The molecular weight excluding hydrogens is 417 g/mol. The smallest absolute Gasteiger partial charge is 0.327 e. The van der Waals surface area contributed by atoms with Crippen LogP contribution in [0.5, 0.6) is 0 Å². The number of nitrogens with zero attached hydrogens (tertiary/aromatic N) is 3. The van der Waals surface area contributed by atoms with Gasteiger partial charge in [0.15, 0.2) is 5.78 Å². The molecule has 2 aliphatic rings. The molecule has 4 rings (SSSR count). The number of aromatic nitrogens is 2. The quantitative estimate of drug-likeness (QED) is 0.526. The van der Waals surface area contributed by atoms with Crippen LogP contribution < -0.4 is 0 Å². The molecule has 0 radical (unpaired) electrons. The van der Waals surface area contributed by atoms with Gasteiger partial charge in [-0.15, -0.1) is 0 Å². The van der Waals surface area contributed by atoms with E-state index in [9.17, 15) is 14.0 Å². The van der Waals surface area contributed by atoms with E-state index in [2.05, 4.69) is 14.7 Å². The van der Waals surface area contributed by atoms with Crippen LogP contribution in [0.3, 0.4) is 0 Å². The Labute approximate surface area is 186 Å². The van der Waals surface area contributed by atoms with Crippen LogP contribution in [0.1, 0.15) is 36.4 Å². The highest BCUT2D eigenvalue weighted by atomic mass is 32.1. The van der Waals surface area contributed by atoms with Crippen molar-refractivity contribution in [2.45, 2.75) is 37.1 Å². The summed E-state index contributed by atoms with van der Waals surface area (Å²) in [6.45, 7) is 1.24. The van der Waals surface area contributed by atoms with Crippen molar-refractivity contribution in [2.24, 2.45) is 5.92 Å². The molecule has 164 valence electrons. The van der Waals surface area contributed by atoms with Crippen LogP contribution in [0.25, 0.3) is 6.08 Å². The molecule has 1 aliphatic carbocycles. The second kappa shape index (κ2) is 9.36. The Balaban J connectivity index is 1.58. The van der Waals surface area contributed by atoms with E-state index in [0.717, 1.165) is 30.4 Å². The average molecular weight is 444 g/mol. The molecule has 2 atom stereocenters. The van der Waals surface area contributed by atoms with Crippen molar-refractivity contribution in [1.82, 2.24) is 14.7 Å². The van der Waals surface area contributed by atoms with Crippen molar-refractivity contribution in [2.75, 3.05) is 20.2 Å². The molecule has 8 heteroatoms. The first-order valence-electron chi connectivity index (χ1n) is 10.5. The average Bonchev–Trinajstić information content (AvgIpc) is 3.53. The molecule has 0 spiro atoms. The number of carbonyl (C=O) groups is 2. The predicted octanol–water partition coefficient (Wildman–Crippen LogP) is 3.30. The summed E-state index contributed by atoms with van der Waals surface area (Å²) in [4.78, 5) is 26.7. The highest BCUT2D eigenvalue weighted by Gasteiger charge is 2.40. The Morgan fingerprint density at radius 2 is 2.10 bits per heavy atom. The first-order valence-corrected chi connectivity index (χ1v) is 11.0. The molecule has 31 heavy (non-hydrogen) atoms. The number of thiol groups is 1. The van der Waals surface area contributed by atoms with Crippen molar-refractivity contribution < 1.29 is 18.7 Å². The number of piperidine rings is 1. The van der Waals surface area contributed by atoms with Crippen molar-refractivity contribution in [3.05, 3.63) is 59.2 Å². The number of hydrogen-bond acceptors (Lipinski definition) is 6. The number of methoxy groups -OCH3 is 1. The normalized spacial score (nSPS) is 21.8. The third kappa shape index (κ3) is 5.07. The molecule has 1 saturated carbocycles. The number of rotatable bonds is 7. The van der Waals surface area contributed by atoms with Crippen LogP contribution in [0.4, 0.5) is 4.39 Å². The van der Waals surface area contributed by atoms with Crippen LogP contribution in [0.15, 0.2) is 42.2 Å². The van der Waals surface area contributed by atoms with E-state index in [4.69, 9.17) is 12.6 Å². The van der Waals surface area contributed by atoms with Crippen molar-refractivity contribution >= 4 is 30.5 Å². The van der Waals surface area contributed by atoms with Gasteiger partial charge in [-0.1, -0.05) is 24.3 Å². The van der Waals surface area contributed by atoms with Crippen LogP contribution in [0, 0.1) is 11.7 Å². The second-order valence-electron chi connectivity index (χ2n) is 8.14. The molecule has 1 aliphatic heterocycles. The van der Waals surface area contributed by atoms with Gasteiger partial charge in [0.2, 0.25) is 0 Å². The van der Waals surface area contributed by atoms with Crippen molar-refractivity contribution in [3.63, 3.8) is 0 Å². The van der Waals surface area contributed by atoms with Gasteiger partial charge in [0.1, 0.15) is 12.4 Å². The van der Waals surface area contributed by atoms with Gasteiger partial charge in [-0.25, -0.2) is 4.39 Å². The summed E-state index contributed by atoms with van der Waals surface area (Å²) in [5.74, 6) is -0.580. The van der Waals surface area contributed by atoms with Gasteiger partial charge in [-0.05, 0) is 30.9 Å². The fourth-order valence-corrected chi connectivity index (χ4v) is 4.30. The third-order valence-corrected chi connectivity index (χ3v) is 6.43. The van der Waals surface area contributed by atoms with E-state index in [1.165, 1.54) is 17.9 Å². The zero-order valence-electron chi connectivity index (χ0n) is 17.4. The molecule has 2 unspecified atom stereocenters. The van der Waals surface area contributed by atoms with Crippen LogP contribution in [-0.2, 0) is 20.9 Å². The molecule has 2 heterocycles. The summed E-state index contributed by atoms with van der Waals surface area (Å²) < 4.78 is 20.8. The van der Waals surface area contributed by atoms with Gasteiger partial charge >= 0.3 is 5.97 Å². The number of halogens is 1. The first kappa shape index (κ1) is 21.8. The summed E-state index contributed by atoms with van der Waals surface area (Å²) in [7, 11) is 1.34. The SMILES string of the molecule is COC(=O)Cn1cc(/C=C2/CN(C(C(=O)C3CC3)c3ccccc3F)CCC2S)cn1. The maximum Gasteiger partial charge on any atom is 0.327 e. The number of esters is 1. The summed E-state index contributed by atoms with van der Waals surface area (Å²) in [6.07, 6.45) is 7.97. The Morgan fingerprint density at radius 3 is 2.81 bits per heavy atom. The lowest BCUT2D eigenvalue weighted by atomic mass is 9.93. The van der Waals surface area contributed by atoms with Gasteiger partial charge in [0.25, 0.3) is 0 Å². The minimum atomic E-state index is -0.583. The number of ether oxygens (including phenoxy) is 1. The number of hydrogen-bond donors (Lipinski definition) is 1. The van der Waals surface area contributed by atoms with Gasteiger partial charge in [0, 0.05) is 41.6 Å². The van der Waals surface area contributed by atoms with Gasteiger partial charge in [0.05, 0.1) is 19.3 Å². The van der Waals surface area contributed by atoms with Gasteiger partial charge < -0.3 is 4.74 Å². The number of likely N-dealkylation sites (tertiary alicyclic amines) is 1. The minimum Gasteiger partial charge on any atom is -0.468 e. The molecular formula is C23H26FN3O3S. The van der Waals surface area contributed by atoms with Crippen LogP contribution in [-0.4, -0.2) is 51.9 Å². The highest BCUT2D eigenvalue weighted by molar-refractivity contribution is 7.81. The number of ketones is 1. The molecule has 0 N–H and O–H groups in total. The second-order valence-corrected chi connectivity index (χ2v) is 8.77. The van der Waals surface area contributed by atoms with E-state index >= 15 is 0 Å². The molecule has 0 amide bonds. The molecule has 0 bridgehead atoms. The van der Waals surface area contributed by atoms with Gasteiger partial charge in [-0.3, -0.25) is 19.2 Å². The lowest BCUT2D eigenvalue weighted by molar-refractivity contribution is -0.141. The molecule has 2 aromatic rings. The molecule has 1 aromatic carbocycles. The van der Waals surface area contributed by atoms with E-state index in [-0.39, 0.29) is 35.3 Å². The third-order valence-electron chi connectivity index (χ3n) is 5.84. The predicted molar refractivity (Wildman–Crippen MR) is 118 cm³/mol. The monoisotopic (exact) mass is 443 g/mol. The van der Waals surface area contributed by atoms with Crippen molar-refractivity contribution in [1.29, 1.82) is 0 Å². The van der Waals surface area contributed by atoms with Crippen LogP contribution >= 0.6 is 12.6 Å². The van der Waals surface area contributed by atoms with E-state index in [0.29, 0.717) is 18.7 Å². The minimum absolute atomic E-state index is 0.0299. The molecule has 1 aromatic heterocycles. The fraction of sp³-hybridized carbons (Fsp3) is 0.435. The lowest BCUT2D eigenvalue weighted by Gasteiger charge is -2.37. The number of Topliss-reactive ketones (excluding diaryl/α,β-unsaturated/α-hetero) is 1. The van der Waals surface area contributed by atoms with Gasteiger partial charge in [-0.2, -0.15) is 17.7 Å². The summed E-state index contributed by atoms with van der Waals surface area (Å²) in [5.41, 5.74) is 2.33. The Bertz CT molecular complexity index is 1000. The number of carbonyl (C=O) groups excluding carboxylic acids is 2. The largest absolute Gasteiger partial charge is 0.468 e. The summed E-state index contributed by atoms with van der Waals surface area (Å²) >= 11 is 4.73. The Kier molecular flexibility index (Phi) is 6.57. The lowest BCUT2D eigenvalue weighted by Crippen LogP contribution is -2.42. The highest BCUT2D eigenvalue weighted by Crippen LogP contribution is 2.39. The first-order chi connectivity index (χ1) is 15.0. The fourth-order valence-electron chi connectivity index (χ4n) is 4.02. The standard InChI is InChI=1S/C23H26FN3O3S/c1-30-21(28)14-27-12-15(11-25-27)10-17-13-26(9-8-20(17)31)22(23(29)16-6-7-16)18-4-2-3-5-19(18)24/h2-5,10-12,16,20,22,31H,6-9,13-14H2,1H3/b17-10-. The topological polar surface area (TPSA) is 64.4 Å². The maximum absolute atomic E-state index is 14.6. The Hall–Kier alpha value is -2.45. The zero-order valence-corrected chi connectivity index (χ0v) is 18.3. The molecule has 1 saturated heterocycles. The number of benzene rings is 1. The van der Waals surface area contributed by atoms with E-state index in [1.807, 2.05) is 6.08 Å². The van der Waals surface area contributed by atoms with E-state index in [1.54, 1.807) is 30.6 Å². The molecule has 6 nitrogen and oxygen atoms in total. The zero-order chi connectivity index (χ0) is 22.0.